The van der Waals surface area contributed by atoms with E-state index in [1.165, 1.54) is 6.92 Å². The lowest BCUT2D eigenvalue weighted by molar-refractivity contribution is -0.136. The summed E-state index contributed by atoms with van der Waals surface area (Å²) in [4.78, 5) is 33.8. The van der Waals surface area contributed by atoms with Gasteiger partial charge in [-0.3, -0.25) is 14.4 Å². The highest BCUT2D eigenvalue weighted by Gasteiger charge is 2.20. The zero-order valence-electron chi connectivity index (χ0n) is 11.2. The Bertz CT molecular complexity index is 475. The van der Waals surface area contributed by atoms with E-state index in [-0.39, 0.29) is 24.0 Å². The number of hydrogen-bond donors (Lipinski definition) is 2. The van der Waals surface area contributed by atoms with Crippen molar-refractivity contribution in [1.82, 2.24) is 5.32 Å². The molecule has 5 nitrogen and oxygen atoms in total. The number of rotatable bonds is 8. The van der Waals surface area contributed by atoms with Crippen molar-refractivity contribution in [3.8, 4) is 0 Å². The minimum atomic E-state index is -0.977. The maximum Gasteiger partial charge on any atom is 0.317 e. The van der Waals surface area contributed by atoms with E-state index in [1.807, 2.05) is 6.07 Å². The van der Waals surface area contributed by atoms with Crippen LogP contribution >= 0.6 is 11.8 Å². The van der Waals surface area contributed by atoms with Crippen LogP contribution < -0.4 is 5.32 Å². The fraction of sp³-hybridized carbons (Fsp3) is 0.357. The lowest BCUT2D eigenvalue weighted by Gasteiger charge is -2.15. The Morgan fingerprint density at radius 3 is 2.45 bits per heavy atom. The van der Waals surface area contributed by atoms with Crippen LogP contribution in [0.1, 0.15) is 17.3 Å². The van der Waals surface area contributed by atoms with Crippen molar-refractivity contribution in [1.29, 1.82) is 0 Å². The third-order valence-electron chi connectivity index (χ3n) is 2.58. The monoisotopic (exact) mass is 295 g/mol. The Labute approximate surface area is 121 Å². The minimum absolute atomic E-state index is 0.0610. The third kappa shape index (κ3) is 5.99. The summed E-state index contributed by atoms with van der Waals surface area (Å²) in [5, 5.41) is 11.2. The van der Waals surface area contributed by atoms with Crippen LogP contribution in [0.25, 0.3) is 0 Å². The summed E-state index contributed by atoms with van der Waals surface area (Å²) in [7, 11) is 0. The summed E-state index contributed by atoms with van der Waals surface area (Å²) in [5.41, 5.74) is 0.568. The van der Waals surface area contributed by atoms with Crippen LogP contribution in [0.2, 0.25) is 0 Å². The minimum Gasteiger partial charge on any atom is -0.480 e. The predicted octanol–water partition coefficient (Wildman–Crippen LogP) is 1.44. The molecule has 1 unspecified atom stereocenters. The van der Waals surface area contributed by atoms with E-state index in [9.17, 15) is 14.4 Å². The van der Waals surface area contributed by atoms with E-state index >= 15 is 0 Å². The van der Waals surface area contributed by atoms with Crippen LogP contribution in [0.4, 0.5) is 0 Å². The van der Waals surface area contributed by atoms with Gasteiger partial charge in [-0.15, -0.1) is 0 Å². The Morgan fingerprint density at radius 1 is 1.25 bits per heavy atom. The van der Waals surface area contributed by atoms with Gasteiger partial charge < -0.3 is 10.4 Å². The molecule has 6 heteroatoms. The van der Waals surface area contributed by atoms with Gasteiger partial charge in [0, 0.05) is 30.7 Å². The first-order valence-electron chi connectivity index (χ1n) is 6.16. The second-order valence-electron chi connectivity index (χ2n) is 4.25. The van der Waals surface area contributed by atoms with Crippen LogP contribution in [0.3, 0.4) is 0 Å². The first kappa shape index (κ1) is 16.4. The van der Waals surface area contributed by atoms with Gasteiger partial charge in [-0.2, -0.15) is 0 Å². The average molecular weight is 295 g/mol. The van der Waals surface area contributed by atoms with Crippen molar-refractivity contribution in [2.24, 2.45) is 5.92 Å². The van der Waals surface area contributed by atoms with Crippen LogP contribution in [0.5, 0.6) is 0 Å². The van der Waals surface area contributed by atoms with Gasteiger partial charge in [0.25, 0.3) is 0 Å². The Morgan fingerprint density at radius 2 is 1.90 bits per heavy atom. The number of carboxylic acid groups (broad SMARTS) is 1. The predicted molar refractivity (Wildman–Crippen MR) is 77.9 cm³/mol. The molecule has 0 spiro atoms. The molecule has 1 aromatic rings. The van der Waals surface area contributed by atoms with Crippen LogP contribution in [0, 0.1) is 5.92 Å². The van der Waals surface area contributed by atoms with Gasteiger partial charge in [-0.05, 0) is 0 Å². The second-order valence-corrected chi connectivity index (χ2v) is 5.45. The van der Waals surface area contributed by atoms with Crippen molar-refractivity contribution in [2.75, 3.05) is 18.8 Å². The van der Waals surface area contributed by atoms with E-state index in [0.29, 0.717) is 11.3 Å². The smallest absolute Gasteiger partial charge is 0.317 e. The van der Waals surface area contributed by atoms with Crippen molar-refractivity contribution < 1.29 is 19.5 Å². The Hall–Kier alpha value is -1.66. The maximum absolute atomic E-state index is 12.3. The molecule has 0 amide bonds. The van der Waals surface area contributed by atoms with E-state index in [0.717, 1.165) is 11.8 Å². The number of thioether (sulfide) groups is 1. The lowest BCUT2D eigenvalue weighted by atomic mass is 9.99. The zero-order chi connectivity index (χ0) is 15.0. The Balaban J connectivity index is 2.67. The quantitative estimate of drug-likeness (QED) is 0.706. The second kappa shape index (κ2) is 8.50. The zero-order valence-corrected chi connectivity index (χ0v) is 12.0. The van der Waals surface area contributed by atoms with Crippen LogP contribution in [-0.2, 0) is 9.59 Å². The van der Waals surface area contributed by atoms with Crippen molar-refractivity contribution in [3.63, 3.8) is 0 Å². The molecule has 0 radical (unpaired) electrons. The first-order valence-corrected chi connectivity index (χ1v) is 7.14. The third-order valence-corrected chi connectivity index (χ3v) is 3.56. The first-order chi connectivity index (χ1) is 9.50. The molecule has 1 rings (SSSR count). The molecule has 0 saturated heterocycles. The van der Waals surface area contributed by atoms with Gasteiger partial charge >= 0.3 is 5.97 Å². The normalized spacial score (nSPS) is 11.8. The molecule has 1 atom stereocenters. The fourth-order valence-corrected chi connectivity index (χ4v) is 2.34. The Kier molecular flexibility index (Phi) is 6.97. The molecule has 0 saturated carbocycles. The number of Topliss-reactive ketones (excluding diaryl/α,β-unsaturated/α-hetero) is 1. The summed E-state index contributed by atoms with van der Waals surface area (Å²) < 4.78 is 0. The fourth-order valence-electron chi connectivity index (χ4n) is 1.64. The summed E-state index contributed by atoms with van der Waals surface area (Å²) in [6.07, 6.45) is 0. The number of aliphatic carboxylic acids is 1. The topological polar surface area (TPSA) is 83.5 Å². The molecule has 108 valence electrons. The largest absolute Gasteiger partial charge is 0.480 e. The highest BCUT2D eigenvalue weighted by molar-refractivity contribution is 8.13. The summed E-state index contributed by atoms with van der Waals surface area (Å²) >= 11 is 1.07. The molecular weight excluding hydrogens is 278 g/mol. The molecule has 20 heavy (non-hydrogen) atoms. The van der Waals surface area contributed by atoms with Crippen molar-refractivity contribution in [3.05, 3.63) is 35.9 Å². The molecule has 0 fully saturated rings. The molecule has 0 bridgehead atoms. The molecule has 0 aliphatic heterocycles. The number of carbonyl (C=O) groups excluding carboxylic acids is 2. The highest BCUT2D eigenvalue weighted by atomic mass is 32.2. The number of ketones is 1. The maximum atomic E-state index is 12.3. The van der Waals surface area contributed by atoms with Gasteiger partial charge in [0.1, 0.15) is 0 Å². The molecular formula is C14H17NO4S. The number of benzene rings is 1. The SMILES string of the molecule is CC(=O)SCC(CNCC(=O)O)C(=O)c1ccccc1. The van der Waals surface area contributed by atoms with E-state index < -0.39 is 11.9 Å². The van der Waals surface area contributed by atoms with Gasteiger partial charge in [0.15, 0.2) is 10.9 Å². The molecule has 1 aromatic carbocycles. The molecule has 0 aliphatic carbocycles. The molecule has 0 aromatic heterocycles. The number of hydrogen-bond acceptors (Lipinski definition) is 5. The van der Waals surface area contributed by atoms with E-state index in [2.05, 4.69) is 5.32 Å². The number of carboxylic acids is 1. The molecule has 0 heterocycles. The lowest BCUT2D eigenvalue weighted by Crippen LogP contribution is -2.33. The standard InChI is InChI=1S/C14H17NO4S/c1-10(16)20-9-12(7-15-8-13(17)18)14(19)11-5-3-2-4-6-11/h2-6,12,15H,7-9H2,1H3,(H,17,18). The van der Waals surface area contributed by atoms with Crippen molar-refractivity contribution >= 4 is 28.6 Å². The van der Waals surface area contributed by atoms with Gasteiger partial charge in [0.05, 0.1) is 6.54 Å². The summed E-state index contributed by atoms with van der Waals surface area (Å²) in [6.45, 7) is 1.48. The van der Waals surface area contributed by atoms with Crippen LogP contribution in [-0.4, -0.2) is 40.8 Å². The average Bonchev–Trinajstić information content (AvgIpc) is 2.42. The molecule has 2 N–H and O–H groups in total. The number of carbonyl (C=O) groups is 3. The molecule has 0 aliphatic rings. The van der Waals surface area contributed by atoms with Crippen LogP contribution in [0.15, 0.2) is 30.3 Å². The van der Waals surface area contributed by atoms with E-state index in [1.54, 1.807) is 24.3 Å². The van der Waals surface area contributed by atoms with E-state index in [4.69, 9.17) is 5.11 Å². The summed E-state index contributed by atoms with van der Waals surface area (Å²) in [5.74, 6) is -1.15. The van der Waals surface area contributed by atoms with Crippen molar-refractivity contribution in [2.45, 2.75) is 6.92 Å². The summed E-state index contributed by atoms with van der Waals surface area (Å²) in [6, 6.07) is 8.79. The van der Waals surface area contributed by atoms with Gasteiger partial charge in [-0.1, -0.05) is 42.1 Å². The van der Waals surface area contributed by atoms with Gasteiger partial charge in [-0.25, -0.2) is 0 Å². The number of nitrogens with one attached hydrogen (secondary N) is 1. The highest BCUT2D eigenvalue weighted by Crippen LogP contribution is 2.15. The van der Waals surface area contributed by atoms with Gasteiger partial charge in [0.2, 0.25) is 0 Å².